The Hall–Kier alpha value is -3.36. The van der Waals surface area contributed by atoms with Gasteiger partial charge < -0.3 is 24.6 Å². The summed E-state index contributed by atoms with van der Waals surface area (Å²) in [5.74, 6) is 2.07. The van der Waals surface area contributed by atoms with Crippen LogP contribution in [0.25, 0.3) is 21.3 Å². The maximum absolute atomic E-state index is 9.26. The fourth-order valence-electron chi connectivity index (χ4n) is 3.17. The van der Waals surface area contributed by atoms with E-state index >= 15 is 0 Å². The summed E-state index contributed by atoms with van der Waals surface area (Å²) in [5.41, 5.74) is 4.51. The molecule has 0 bridgehead atoms. The van der Waals surface area contributed by atoms with Crippen LogP contribution in [0, 0.1) is 0 Å². The van der Waals surface area contributed by atoms with Gasteiger partial charge in [0, 0.05) is 28.8 Å². The third-order valence-corrected chi connectivity index (χ3v) is 5.59. The van der Waals surface area contributed by atoms with E-state index in [1.54, 1.807) is 51.0 Å². The third-order valence-electron chi connectivity index (χ3n) is 4.68. The van der Waals surface area contributed by atoms with Gasteiger partial charge in [0.1, 0.15) is 0 Å². The van der Waals surface area contributed by atoms with Gasteiger partial charge in [0.25, 0.3) is 0 Å². The number of hydrogen-bond acceptors (Lipinski definition) is 8. The number of nitrogens with one attached hydrogen (secondary N) is 1. The molecule has 2 aromatic heterocycles. The molecule has 0 saturated heterocycles. The highest BCUT2D eigenvalue weighted by atomic mass is 32.1. The molecule has 2 heterocycles. The molecule has 7 nitrogen and oxygen atoms in total. The van der Waals surface area contributed by atoms with Crippen LogP contribution in [-0.2, 0) is 6.61 Å². The van der Waals surface area contributed by atoms with E-state index in [9.17, 15) is 5.11 Å². The van der Waals surface area contributed by atoms with E-state index in [1.165, 1.54) is 0 Å². The van der Waals surface area contributed by atoms with Crippen LogP contribution in [-0.4, -0.2) is 36.4 Å². The molecule has 0 fully saturated rings. The highest BCUT2D eigenvalue weighted by molar-refractivity contribution is 7.17. The van der Waals surface area contributed by atoms with Gasteiger partial charge in [-0.3, -0.25) is 0 Å². The molecule has 30 heavy (non-hydrogen) atoms. The lowest BCUT2D eigenvalue weighted by Crippen LogP contribution is -2.00. The molecule has 0 aliphatic heterocycles. The average Bonchev–Trinajstić information content (AvgIpc) is 3.21. The van der Waals surface area contributed by atoms with Crippen molar-refractivity contribution in [2.24, 2.45) is 0 Å². The van der Waals surface area contributed by atoms with Gasteiger partial charge in [0.15, 0.2) is 11.5 Å². The number of aliphatic hydroxyl groups excluding tert-OH is 1. The lowest BCUT2D eigenvalue weighted by Gasteiger charge is -2.14. The summed E-state index contributed by atoms with van der Waals surface area (Å²) >= 11 is 1.59. The maximum Gasteiger partial charge on any atom is 0.227 e. The van der Waals surface area contributed by atoms with Crippen LogP contribution in [0.15, 0.2) is 48.0 Å². The third kappa shape index (κ3) is 3.74. The molecule has 0 radical (unpaired) electrons. The molecule has 0 unspecified atom stereocenters. The molecular formula is C22H21N3O4S. The van der Waals surface area contributed by atoms with Gasteiger partial charge in [-0.2, -0.15) is 0 Å². The summed E-state index contributed by atoms with van der Waals surface area (Å²) in [6, 6.07) is 11.4. The highest BCUT2D eigenvalue weighted by Crippen LogP contribution is 2.40. The van der Waals surface area contributed by atoms with Gasteiger partial charge in [0.05, 0.1) is 44.3 Å². The number of aromatic nitrogens is 2. The minimum Gasteiger partial charge on any atom is -0.493 e. The number of aliphatic hydroxyl groups is 1. The smallest absolute Gasteiger partial charge is 0.227 e. The number of anilines is 2. The van der Waals surface area contributed by atoms with Crippen molar-refractivity contribution in [2.75, 3.05) is 26.6 Å². The van der Waals surface area contributed by atoms with Gasteiger partial charge in [-0.1, -0.05) is 24.3 Å². The second kappa shape index (κ2) is 8.56. The summed E-state index contributed by atoms with van der Waals surface area (Å²) in [7, 11) is 4.71. The topological polar surface area (TPSA) is 85.7 Å². The summed E-state index contributed by atoms with van der Waals surface area (Å²) < 4.78 is 17.2. The van der Waals surface area contributed by atoms with E-state index in [0.717, 1.165) is 26.9 Å². The first kappa shape index (κ1) is 19.9. The molecule has 2 N–H and O–H groups in total. The first-order valence-corrected chi connectivity index (χ1v) is 10.1. The van der Waals surface area contributed by atoms with E-state index in [4.69, 9.17) is 19.2 Å². The highest BCUT2D eigenvalue weighted by Gasteiger charge is 2.15. The monoisotopic (exact) mass is 423 g/mol. The number of nitrogens with zero attached hydrogens (tertiary/aromatic N) is 2. The Labute approximate surface area is 177 Å². The Kier molecular flexibility index (Phi) is 5.69. The molecule has 2 aromatic carbocycles. The number of hydrogen-bond donors (Lipinski definition) is 2. The Morgan fingerprint density at radius 2 is 1.70 bits per heavy atom. The van der Waals surface area contributed by atoms with Crippen molar-refractivity contribution in [3.8, 4) is 28.4 Å². The van der Waals surface area contributed by atoms with Gasteiger partial charge in [-0.15, -0.1) is 11.3 Å². The molecule has 0 aliphatic carbocycles. The zero-order chi connectivity index (χ0) is 21.1. The van der Waals surface area contributed by atoms with Crippen molar-refractivity contribution >= 4 is 33.2 Å². The normalized spacial score (nSPS) is 10.8. The van der Waals surface area contributed by atoms with Crippen LogP contribution in [0.2, 0.25) is 0 Å². The summed E-state index contributed by atoms with van der Waals surface area (Å²) in [5, 5.41) is 14.5. The first-order chi connectivity index (χ1) is 14.7. The number of ether oxygens (including phenoxy) is 3. The molecule has 0 saturated carbocycles. The largest absolute Gasteiger partial charge is 0.493 e. The van der Waals surface area contributed by atoms with E-state index < -0.39 is 0 Å². The molecule has 0 atom stereocenters. The first-order valence-electron chi connectivity index (χ1n) is 9.18. The average molecular weight is 423 g/mol. The quantitative estimate of drug-likeness (QED) is 0.449. The number of methoxy groups -OCH3 is 3. The van der Waals surface area contributed by atoms with Crippen LogP contribution in [0.5, 0.6) is 17.2 Å². The van der Waals surface area contributed by atoms with E-state index in [-0.39, 0.29) is 6.61 Å². The minimum atomic E-state index is 0.0235. The van der Waals surface area contributed by atoms with Crippen molar-refractivity contribution in [3.63, 3.8) is 0 Å². The van der Waals surface area contributed by atoms with Crippen LogP contribution in [0.1, 0.15) is 5.56 Å². The second-order valence-electron chi connectivity index (χ2n) is 6.45. The van der Waals surface area contributed by atoms with Crippen molar-refractivity contribution in [3.05, 3.63) is 53.5 Å². The molecular weight excluding hydrogens is 402 g/mol. The summed E-state index contributed by atoms with van der Waals surface area (Å²) in [4.78, 5) is 9.16. The summed E-state index contributed by atoms with van der Waals surface area (Å²) in [6.07, 6.45) is 1.80. The molecule has 4 aromatic rings. The van der Waals surface area contributed by atoms with Crippen molar-refractivity contribution in [2.45, 2.75) is 6.61 Å². The lowest BCUT2D eigenvalue weighted by molar-refractivity contribution is 0.282. The molecule has 8 heteroatoms. The summed E-state index contributed by atoms with van der Waals surface area (Å²) in [6.45, 7) is 0.0235. The predicted octanol–water partition coefficient (Wildman–Crippen LogP) is 4.62. The van der Waals surface area contributed by atoms with Crippen LogP contribution < -0.4 is 19.5 Å². The Bertz CT molecular complexity index is 1150. The van der Waals surface area contributed by atoms with Gasteiger partial charge in [-0.05, 0) is 11.1 Å². The standard InChI is InChI=1S/C22H21N3O4S/c1-27-17-8-15(9-18(28-2)21(17)29-3)24-22-23-10-19-20(25-22)16(12-30-19)14-6-4-13(11-26)5-7-14/h4-10,12,26H,11H2,1-3H3,(H,23,24,25). The van der Waals surface area contributed by atoms with E-state index in [1.807, 2.05) is 24.3 Å². The SMILES string of the molecule is COc1cc(Nc2ncc3scc(-c4ccc(CO)cc4)c3n2)cc(OC)c1OC. The Morgan fingerprint density at radius 3 is 2.30 bits per heavy atom. The van der Waals surface area contributed by atoms with E-state index in [0.29, 0.717) is 28.9 Å². The lowest BCUT2D eigenvalue weighted by atomic mass is 10.1. The maximum atomic E-state index is 9.26. The van der Waals surface area contributed by atoms with Crippen LogP contribution in [0.3, 0.4) is 0 Å². The zero-order valence-corrected chi connectivity index (χ0v) is 17.6. The van der Waals surface area contributed by atoms with E-state index in [2.05, 4.69) is 15.7 Å². The molecule has 0 aliphatic rings. The Balaban J connectivity index is 1.70. The molecule has 154 valence electrons. The molecule has 0 amide bonds. The molecule has 0 spiro atoms. The fourth-order valence-corrected chi connectivity index (χ4v) is 4.04. The number of rotatable bonds is 7. The number of fused-ring (bicyclic) bond motifs is 1. The van der Waals surface area contributed by atoms with Crippen molar-refractivity contribution in [1.29, 1.82) is 0 Å². The molecule has 4 rings (SSSR count). The Morgan fingerprint density at radius 1 is 1.00 bits per heavy atom. The number of thiophene rings is 1. The minimum absolute atomic E-state index is 0.0235. The zero-order valence-electron chi connectivity index (χ0n) is 16.8. The fraction of sp³-hybridized carbons (Fsp3) is 0.182. The van der Waals surface area contributed by atoms with Gasteiger partial charge in [-0.25, -0.2) is 9.97 Å². The number of benzene rings is 2. The second-order valence-corrected chi connectivity index (χ2v) is 7.36. The van der Waals surface area contributed by atoms with Crippen LogP contribution in [0.4, 0.5) is 11.6 Å². The van der Waals surface area contributed by atoms with Crippen molar-refractivity contribution < 1.29 is 19.3 Å². The van der Waals surface area contributed by atoms with Crippen molar-refractivity contribution in [1.82, 2.24) is 9.97 Å². The predicted molar refractivity (Wildman–Crippen MR) is 118 cm³/mol. The van der Waals surface area contributed by atoms with Crippen LogP contribution >= 0.6 is 11.3 Å². The van der Waals surface area contributed by atoms with Gasteiger partial charge >= 0.3 is 0 Å². The van der Waals surface area contributed by atoms with Gasteiger partial charge in [0.2, 0.25) is 11.7 Å².